The summed E-state index contributed by atoms with van der Waals surface area (Å²) in [7, 11) is 0. The van der Waals surface area contributed by atoms with Crippen molar-refractivity contribution < 1.29 is 4.42 Å². The van der Waals surface area contributed by atoms with E-state index in [-0.39, 0.29) is 0 Å². The molecule has 0 saturated carbocycles. The van der Waals surface area contributed by atoms with E-state index in [9.17, 15) is 0 Å². The summed E-state index contributed by atoms with van der Waals surface area (Å²) in [6, 6.07) is 77.2. The van der Waals surface area contributed by atoms with Crippen molar-refractivity contribution in [2.24, 2.45) is 0 Å². The first-order valence-electron chi connectivity index (χ1n) is 21.1. The smallest absolute Gasteiger partial charge is 0.143 e. The Kier molecular flexibility index (Phi) is 7.45. The van der Waals surface area contributed by atoms with Crippen LogP contribution in [-0.2, 0) is 5.41 Å². The number of pyridine rings is 2. The highest BCUT2D eigenvalue weighted by molar-refractivity contribution is 6.16. The van der Waals surface area contributed by atoms with Gasteiger partial charge in [-0.1, -0.05) is 140 Å². The van der Waals surface area contributed by atoms with Gasteiger partial charge in [-0.05, 0) is 106 Å². The zero-order chi connectivity index (χ0) is 40.8. The summed E-state index contributed by atoms with van der Waals surface area (Å²) in [5.41, 5.74) is 13.4. The number of anilines is 6. The number of furan rings is 1. The lowest BCUT2D eigenvalue weighted by Gasteiger charge is -2.39. The summed E-state index contributed by atoms with van der Waals surface area (Å²) in [5.74, 6) is 1.64. The van der Waals surface area contributed by atoms with E-state index < -0.39 is 5.41 Å². The van der Waals surface area contributed by atoms with E-state index in [1.165, 1.54) is 5.39 Å². The molecular formula is C57H36N4O. The number of nitrogens with zero attached hydrogens (tertiary/aromatic N) is 4. The van der Waals surface area contributed by atoms with Crippen LogP contribution in [0.5, 0.6) is 0 Å². The minimum absolute atomic E-state index is 0.821. The predicted octanol–water partition coefficient (Wildman–Crippen LogP) is 14.8. The summed E-state index contributed by atoms with van der Waals surface area (Å²) >= 11 is 0. The molecule has 2 aliphatic carbocycles. The minimum Gasteiger partial charge on any atom is -0.455 e. The van der Waals surface area contributed by atoms with E-state index >= 15 is 0 Å². The second kappa shape index (κ2) is 13.4. The van der Waals surface area contributed by atoms with Crippen LogP contribution < -0.4 is 9.80 Å². The molecule has 8 aromatic carbocycles. The van der Waals surface area contributed by atoms with Crippen LogP contribution in [0, 0.1) is 0 Å². The monoisotopic (exact) mass is 792 g/mol. The van der Waals surface area contributed by atoms with Crippen molar-refractivity contribution in [1.29, 1.82) is 0 Å². The zero-order valence-electron chi connectivity index (χ0n) is 33.5. The van der Waals surface area contributed by atoms with Gasteiger partial charge in [0.2, 0.25) is 0 Å². The van der Waals surface area contributed by atoms with Gasteiger partial charge in [0.15, 0.2) is 0 Å². The molecule has 3 heterocycles. The van der Waals surface area contributed by atoms with Crippen LogP contribution in [0.1, 0.15) is 22.5 Å². The number of benzene rings is 8. The van der Waals surface area contributed by atoms with E-state index in [1.807, 2.05) is 6.07 Å². The van der Waals surface area contributed by atoms with Gasteiger partial charge in [0.25, 0.3) is 0 Å². The highest BCUT2D eigenvalue weighted by Gasteiger charge is 2.54. The van der Waals surface area contributed by atoms with E-state index in [4.69, 9.17) is 14.4 Å². The molecule has 11 aromatic rings. The van der Waals surface area contributed by atoms with Crippen molar-refractivity contribution in [2.45, 2.75) is 5.41 Å². The normalized spacial score (nSPS) is 13.0. The third kappa shape index (κ3) is 4.84. The summed E-state index contributed by atoms with van der Waals surface area (Å²) in [6.07, 6.45) is 0. The third-order valence-corrected chi connectivity index (χ3v) is 12.8. The van der Waals surface area contributed by atoms with Crippen LogP contribution in [0.2, 0.25) is 0 Å². The van der Waals surface area contributed by atoms with Crippen molar-refractivity contribution in [1.82, 2.24) is 9.97 Å². The number of aromatic nitrogens is 2. The maximum absolute atomic E-state index is 6.97. The van der Waals surface area contributed by atoms with Gasteiger partial charge >= 0.3 is 0 Å². The summed E-state index contributed by atoms with van der Waals surface area (Å²) in [6.45, 7) is 0. The molecule has 0 fully saturated rings. The van der Waals surface area contributed by atoms with Gasteiger partial charge < -0.3 is 4.42 Å². The van der Waals surface area contributed by atoms with Crippen LogP contribution in [0.15, 0.2) is 223 Å². The molecule has 0 aliphatic heterocycles. The standard InChI is InChI=1S/C57H36N4O/c1-5-19-38(20-6-1)60(39-21-7-2-8-22-39)50-35-32-44-45-33-36-51(61(40-23-9-3-10-24-40)41-25-11-4-12-26-41)59-56(45)57(55(44)58-50)47-29-16-18-37-17-15-28-46(52(37)47)53-48(57)34-31-43-42-27-13-14-30-49(42)62-54(43)53/h1-36H. The third-order valence-electron chi connectivity index (χ3n) is 12.8. The van der Waals surface area contributed by atoms with Gasteiger partial charge in [-0.15, -0.1) is 0 Å². The summed E-state index contributed by atoms with van der Waals surface area (Å²) in [4.78, 5) is 16.3. The molecule has 0 radical (unpaired) electrons. The Hall–Kier alpha value is -8.28. The lowest BCUT2D eigenvalue weighted by atomic mass is 9.63. The van der Waals surface area contributed by atoms with Gasteiger partial charge in [-0.25, -0.2) is 9.97 Å². The van der Waals surface area contributed by atoms with Gasteiger partial charge in [0.05, 0.1) is 11.4 Å². The largest absolute Gasteiger partial charge is 0.455 e. The Balaban J connectivity index is 1.18. The zero-order valence-corrected chi connectivity index (χ0v) is 33.5. The van der Waals surface area contributed by atoms with E-state index in [1.54, 1.807) is 0 Å². The van der Waals surface area contributed by atoms with Crippen LogP contribution in [-0.4, -0.2) is 9.97 Å². The lowest BCUT2D eigenvalue weighted by molar-refractivity contribution is 0.664. The Bertz CT molecular complexity index is 3310. The molecule has 290 valence electrons. The highest BCUT2D eigenvalue weighted by atomic mass is 16.3. The number of hydrogen-bond acceptors (Lipinski definition) is 5. The maximum Gasteiger partial charge on any atom is 0.143 e. The van der Waals surface area contributed by atoms with Crippen LogP contribution in [0.4, 0.5) is 34.4 Å². The minimum atomic E-state index is -0.939. The molecule has 1 spiro atoms. The molecule has 62 heavy (non-hydrogen) atoms. The topological polar surface area (TPSA) is 45.4 Å². The first-order valence-corrected chi connectivity index (χ1v) is 21.1. The number of hydrogen-bond donors (Lipinski definition) is 0. The Morgan fingerprint density at radius 2 is 0.871 bits per heavy atom. The summed E-state index contributed by atoms with van der Waals surface area (Å²) < 4.78 is 6.97. The van der Waals surface area contributed by atoms with Crippen LogP contribution in [0.3, 0.4) is 0 Å². The molecule has 13 rings (SSSR count). The van der Waals surface area contributed by atoms with E-state index in [0.717, 1.165) is 106 Å². The maximum atomic E-state index is 6.97. The molecule has 0 bridgehead atoms. The first kappa shape index (κ1) is 34.6. The van der Waals surface area contributed by atoms with Gasteiger partial charge in [0, 0.05) is 50.2 Å². The molecule has 0 unspecified atom stereocenters. The second-order valence-corrected chi connectivity index (χ2v) is 16.1. The SMILES string of the molecule is c1ccc(N(c2ccccc2)c2ccc3c(n2)C2(c4ccc5c(oc6ccccc65)c4-c4cccc5cccc2c45)c2nc(N(c4ccccc4)c4ccccc4)ccc2-3)cc1. The average Bonchev–Trinajstić information content (AvgIpc) is 3.85. The number of para-hydroxylation sites is 5. The van der Waals surface area contributed by atoms with Crippen molar-refractivity contribution >= 4 is 67.1 Å². The second-order valence-electron chi connectivity index (χ2n) is 16.1. The fourth-order valence-corrected chi connectivity index (χ4v) is 10.3. The molecule has 2 aliphatic rings. The molecule has 0 saturated heterocycles. The number of fused-ring (bicyclic) bond motifs is 13. The van der Waals surface area contributed by atoms with Gasteiger partial charge in [0.1, 0.15) is 28.2 Å². The van der Waals surface area contributed by atoms with Crippen LogP contribution >= 0.6 is 0 Å². The Morgan fingerprint density at radius 3 is 1.42 bits per heavy atom. The predicted molar refractivity (Wildman–Crippen MR) is 252 cm³/mol. The van der Waals surface area contributed by atoms with Crippen molar-refractivity contribution in [3.05, 3.63) is 241 Å². The number of rotatable bonds is 6. The molecular weight excluding hydrogens is 757 g/mol. The van der Waals surface area contributed by atoms with Gasteiger partial charge in [-0.3, -0.25) is 9.80 Å². The molecule has 0 N–H and O–H groups in total. The fourth-order valence-electron chi connectivity index (χ4n) is 10.3. The molecule has 5 heteroatoms. The van der Waals surface area contributed by atoms with E-state index in [2.05, 4.69) is 222 Å². The molecule has 3 aromatic heterocycles. The lowest BCUT2D eigenvalue weighted by Crippen LogP contribution is -2.34. The molecule has 0 atom stereocenters. The fraction of sp³-hybridized carbons (Fsp3) is 0.0175. The summed E-state index contributed by atoms with van der Waals surface area (Å²) in [5, 5.41) is 4.53. The van der Waals surface area contributed by atoms with Crippen LogP contribution in [0.25, 0.3) is 55.0 Å². The van der Waals surface area contributed by atoms with Crippen molar-refractivity contribution in [3.63, 3.8) is 0 Å². The molecule has 0 amide bonds. The first-order chi connectivity index (χ1) is 30.8. The van der Waals surface area contributed by atoms with Crippen molar-refractivity contribution in [3.8, 4) is 22.3 Å². The quantitative estimate of drug-likeness (QED) is 0.168. The average molecular weight is 793 g/mol. The highest BCUT2D eigenvalue weighted by Crippen LogP contribution is 2.63. The Labute approximate surface area is 358 Å². The van der Waals surface area contributed by atoms with Crippen molar-refractivity contribution in [2.75, 3.05) is 9.80 Å². The van der Waals surface area contributed by atoms with E-state index in [0.29, 0.717) is 0 Å². The molecule has 5 nitrogen and oxygen atoms in total. The van der Waals surface area contributed by atoms with Gasteiger partial charge in [-0.2, -0.15) is 0 Å². The Morgan fingerprint density at radius 1 is 0.371 bits per heavy atom.